The van der Waals surface area contributed by atoms with Crippen molar-refractivity contribution < 1.29 is 14.5 Å². The van der Waals surface area contributed by atoms with Gasteiger partial charge in [0.15, 0.2) is 0 Å². The van der Waals surface area contributed by atoms with Crippen molar-refractivity contribution in [3.8, 4) is 0 Å². The lowest BCUT2D eigenvalue weighted by Crippen LogP contribution is -2.28. The lowest BCUT2D eigenvalue weighted by atomic mass is 9.84. The number of anilines is 2. The van der Waals surface area contributed by atoms with E-state index in [4.69, 9.17) is 0 Å². The van der Waals surface area contributed by atoms with Gasteiger partial charge >= 0.3 is 0 Å². The fourth-order valence-electron chi connectivity index (χ4n) is 5.51. The number of aliphatic hydroxyl groups excluding tert-OH is 1. The molecular formula is C33H39N4O2+. The molecule has 0 atom stereocenters. The van der Waals surface area contributed by atoms with E-state index in [2.05, 4.69) is 38.5 Å². The summed E-state index contributed by atoms with van der Waals surface area (Å²) in [6.45, 7) is 5.22. The summed E-state index contributed by atoms with van der Waals surface area (Å²) < 4.78 is 2.32. The van der Waals surface area contributed by atoms with Gasteiger partial charge in [-0.1, -0.05) is 57.2 Å². The first-order valence-electron chi connectivity index (χ1n) is 14.5. The van der Waals surface area contributed by atoms with Crippen LogP contribution in [0.15, 0.2) is 82.8 Å². The highest BCUT2D eigenvalue weighted by atomic mass is 16.3. The van der Waals surface area contributed by atoms with Gasteiger partial charge in [-0.25, -0.2) is 9.57 Å². The molecule has 6 nitrogen and oxygen atoms in total. The smallest absolute Gasteiger partial charge is 0.218 e. The first-order valence-corrected chi connectivity index (χ1v) is 14.5. The molecule has 3 heterocycles. The van der Waals surface area contributed by atoms with Gasteiger partial charge in [-0.05, 0) is 43.2 Å². The number of carbonyl (C=O) groups excluding carboxylic acids is 1. The number of aliphatic imine (C=N–C) groups is 1. The van der Waals surface area contributed by atoms with E-state index in [0.29, 0.717) is 11.4 Å². The number of hydrogen-bond donors (Lipinski definition) is 1. The van der Waals surface area contributed by atoms with Crippen LogP contribution in [0.3, 0.4) is 0 Å². The number of rotatable bonds is 10. The number of Topliss-reactive ketones (excluding diaryl/α,β-unsaturated/α-hetero) is 1. The van der Waals surface area contributed by atoms with Crippen LogP contribution in [-0.2, 0) is 4.79 Å². The van der Waals surface area contributed by atoms with Gasteiger partial charge < -0.3 is 10.0 Å². The van der Waals surface area contributed by atoms with Crippen molar-refractivity contribution in [3.63, 3.8) is 0 Å². The molecule has 39 heavy (non-hydrogen) atoms. The Bertz CT molecular complexity index is 1310. The van der Waals surface area contributed by atoms with E-state index in [1.807, 2.05) is 42.5 Å². The Morgan fingerprint density at radius 3 is 2.31 bits per heavy atom. The third kappa shape index (κ3) is 6.11. The van der Waals surface area contributed by atoms with E-state index >= 15 is 0 Å². The first kappa shape index (κ1) is 26.8. The number of para-hydroxylation sites is 1. The molecule has 1 saturated heterocycles. The van der Waals surface area contributed by atoms with Crippen molar-refractivity contribution in [2.45, 2.75) is 64.7 Å². The van der Waals surface area contributed by atoms with E-state index in [-0.39, 0.29) is 22.7 Å². The second kappa shape index (κ2) is 12.8. The molecule has 0 radical (unpaired) electrons. The molecule has 0 unspecified atom stereocenters. The normalized spacial score (nSPS) is 19.1. The van der Waals surface area contributed by atoms with Crippen molar-refractivity contribution in [2.24, 2.45) is 4.99 Å². The van der Waals surface area contributed by atoms with E-state index in [1.165, 1.54) is 51.4 Å². The van der Waals surface area contributed by atoms with Crippen LogP contribution in [0.1, 0.15) is 70.4 Å². The minimum atomic E-state index is -0.210. The first-order chi connectivity index (χ1) is 19.2. The average Bonchev–Trinajstić information content (AvgIpc) is 2.99. The molecule has 2 aromatic rings. The molecule has 3 aliphatic rings. The second-order valence-corrected chi connectivity index (χ2v) is 10.5. The van der Waals surface area contributed by atoms with Crippen molar-refractivity contribution in [1.82, 2.24) is 4.98 Å². The van der Waals surface area contributed by atoms with Crippen molar-refractivity contribution in [3.05, 3.63) is 83.5 Å². The predicted molar refractivity (Wildman–Crippen MR) is 159 cm³/mol. The number of pyridine rings is 1. The van der Waals surface area contributed by atoms with Crippen LogP contribution in [-0.4, -0.2) is 52.0 Å². The van der Waals surface area contributed by atoms with Crippen LogP contribution in [0.5, 0.6) is 0 Å². The Morgan fingerprint density at radius 2 is 1.64 bits per heavy atom. The molecule has 0 amide bonds. The fraction of sp³-hybridized carbons (Fsp3) is 0.394. The molecule has 6 heteroatoms. The molecule has 202 valence electrons. The molecule has 0 saturated carbocycles. The Balaban J connectivity index is 1.31. The molecule has 1 fully saturated rings. The SMILES string of the molecule is CCCCCCCCN(c1ccccc1)c1ccc(C2=C(O)/C(=C3\C=CC(=[N+]4CCCCC4)C=N3)C2=O)nc1. The van der Waals surface area contributed by atoms with Gasteiger partial charge in [0.1, 0.15) is 18.8 Å². The number of benzene rings is 1. The van der Waals surface area contributed by atoms with Crippen LogP contribution in [0.2, 0.25) is 0 Å². The quantitative estimate of drug-likeness (QED) is 0.208. The van der Waals surface area contributed by atoms with Gasteiger partial charge in [0.05, 0.1) is 40.6 Å². The lowest BCUT2D eigenvalue weighted by Gasteiger charge is -2.26. The van der Waals surface area contributed by atoms with Gasteiger partial charge in [-0.3, -0.25) is 9.78 Å². The summed E-state index contributed by atoms with van der Waals surface area (Å²) in [6, 6.07) is 14.2. The van der Waals surface area contributed by atoms with E-state index in [9.17, 15) is 9.90 Å². The molecule has 0 bridgehead atoms. The predicted octanol–water partition coefficient (Wildman–Crippen LogP) is 6.96. The van der Waals surface area contributed by atoms with Crippen LogP contribution >= 0.6 is 0 Å². The molecular weight excluding hydrogens is 484 g/mol. The number of piperidine rings is 1. The number of aliphatic hydroxyl groups is 1. The summed E-state index contributed by atoms with van der Waals surface area (Å²) in [7, 11) is 0. The third-order valence-electron chi connectivity index (χ3n) is 7.77. The minimum Gasteiger partial charge on any atom is -0.506 e. The Hall–Kier alpha value is -3.80. The standard InChI is InChI=1S/C33H38N4O2/c1-2-3-4-5-6-13-22-37(25-14-9-7-10-15-25)27-17-19-29(35-24-27)31-32(38)30(33(31)39)28-18-16-26(23-34-28)36-20-11-8-12-21-36/h7,9-10,14-19,23-24H,2-6,8,11-13,20-22H2,1H3/p+1. The number of nitrogens with zero attached hydrogens (tertiary/aromatic N) is 4. The summed E-state index contributed by atoms with van der Waals surface area (Å²) in [5, 5.41) is 10.8. The highest BCUT2D eigenvalue weighted by molar-refractivity contribution is 6.40. The maximum absolute atomic E-state index is 13.1. The van der Waals surface area contributed by atoms with Crippen molar-refractivity contribution in [1.29, 1.82) is 0 Å². The molecule has 1 aromatic heterocycles. The van der Waals surface area contributed by atoms with Gasteiger partial charge in [-0.2, -0.15) is 0 Å². The molecule has 1 aliphatic carbocycles. The monoisotopic (exact) mass is 523 g/mol. The Morgan fingerprint density at radius 1 is 0.872 bits per heavy atom. The Labute approximate surface area is 231 Å². The van der Waals surface area contributed by atoms with Crippen LogP contribution in [0.25, 0.3) is 5.57 Å². The number of aromatic nitrogens is 1. The molecule has 1 N–H and O–H groups in total. The Kier molecular flexibility index (Phi) is 8.82. The van der Waals surface area contributed by atoms with Crippen molar-refractivity contribution >= 4 is 34.7 Å². The lowest BCUT2D eigenvalue weighted by molar-refractivity contribution is -0.534. The zero-order valence-electron chi connectivity index (χ0n) is 23.0. The molecule has 1 aromatic carbocycles. The zero-order chi connectivity index (χ0) is 27.0. The third-order valence-corrected chi connectivity index (χ3v) is 7.77. The largest absolute Gasteiger partial charge is 0.506 e. The number of unbranched alkanes of at least 4 members (excludes halogenated alkanes) is 5. The summed E-state index contributed by atoms with van der Waals surface area (Å²) in [5.41, 5.74) is 4.70. The second-order valence-electron chi connectivity index (χ2n) is 10.5. The van der Waals surface area contributed by atoms with Gasteiger partial charge in [0, 0.05) is 31.1 Å². The van der Waals surface area contributed by atoms with Gasteiger partial charge in [-0.15, -0.1) is 0 Å². The summed E-state index contributed by atoms with van der Waals surface area (Å²) >= 11 is 0. The molecule has 0 spiro atoms. The van der Waals surface area contributed by atoms with E-state index in [1.54, 1.807) is 12.4 Å². The van der Waals surface area contributed by atoms with Gasteiger partial charge in [0.25, 0.3) is 0 Å². The number of ketones is 1. The highest BCUT2D eigenvalue weighted by Crippen LogP contribution is 2.38. The number of hydrogen-bond acceptors (Lipinski definition) is 5. The fourth-order valence-corrected chi connectivity index (χ4v) is 5.51. The summed E-state index contributed by atoms with van der Waals surface area (Å²) in [6.07, 6.45) is 18.5. The molecule has 5 rings (SSSR count). The summed E-state index contributed by atoms with van der Waals surface area (Å²) in [4.78, 5) is 24.5. The summed E-state index contributed by atoms with van der Waals surface area (Å²) in [5.74, 6) is -0.233. The minimum absolute atomic E-state index is 0.0227. The number of allylic oxidation sites excluding steroid dienone is 4. The van der Waals surface area contributed by atoms with Crippen LogP contribution < -0.4 is 4.90 Å². The zero-order valence-corrected chi connectivity index (χ0v) is 23.0. The van der Waals surface area contributed by atoms with Crippen LogP contribution in [0, 0.1) is 0 Å². The van der Waals surface area contributed by atoms with E-state index in [0.717, 1.165) is 43.1 Å². The number of carbonyl (C=O) groups is 1. The molecule has 2 aliphatic heterocycles. The highest BCUT2D eigenvalue weighted by Gasteiger charge is 2.38. The maximum Gasteiger partial charge on any atom is 0.218 e. The van der Waals surface area contributed by atoms with Gasteiger partial charge in [0.2, 0.25) is 11.5 Å². The number of dihydropyridines is 1. The topological polar surface area (TPSA) is 68.8 Å². The van der Waals surface area contributed by atoms with Crippen LogP contribution in [0.4, 0.5) is 11.4 Å². The average molecular weight is 524 g/mol. The van der Waals surface area contributed by atoms with E-state index < -0.39 is 0 Å². The maximum atomic E-state index is 13.1. The van der Waals surface area contributed by atoms with Crippen molar-refractivity contribution in [2.75, 3.05) is 24.5 Å².